The molecule has 2 heterocycles. The molecule has 0 spiro atoms. The second kappa shape index (κ2) is 10.4. The number of nitrogens with zero attached hydrogens (tertiary/aromatic N) is 3. The van der Waals surface area contributed by atoms with E-state index in [1.54, 1.807) is 29.5 Å². The van der Waals surface area contributed by atoms with Crippen LogP contribution < -0.4 is 14.8 Å². The lowest BCUT2D eigenvalue weighted by Gasteiger charge is -2.33. The molecule has 0 saturated carbocycles. The smallest absolute Gasteiger partial charge is 0.273 e. The number of benzene rings is 2. The molecule has 0 bridgehead atoms. The van der Waals surface area contributed by atoms with E-state index >= 15 is 0 Å². The molecule has 0 aliphatic carbocycles. The van der Waals surface area contributed by atoms with Crippen LogP contribution in [0.15, 0.2) is 58.8 Å². The standard InChI is InChI=1S/C23H26N4O5S2/c1-31-18-6-8-20(9-7-18)34(29,30)27-12-10-26(11-13-27)22(28)21-16-33-23(25-21)24-15-17-4-3-5-19(14-17)32-2/h3-9,14,16H,10-13,15H2,1-2H3,(H,24,25). The van der Waals surface area contributed by atoms with E-state index in [4.69, 9.17) is 9.47 Å². The Bertz CT molecular complexity index is 1240. The van der Waals surface area contributed by atoms with Crippen molar-refractivity contribution in [3.63, 3.8) is 0 Å². The van der Waals surface area contributed by atoms with Crippen LogP contribution in [0.4, 0.5) is 5.13 Å². The van der Waals surface area contributed by atoms with Crippen LogP contribution in [0.1, 0.15) is 16.1 Å². The molecule has 1 aromatic heterocycles. The molecule has 9 nitrogen and oxygen atoms in total. The maximum absolute atomic E-state index is 12.9. The highest BCUT2D eigenvalue weighted by Crippen LogP contribution is 2.23. The van der Waals surface area contributed by atoms with Crippen LogP contribution in [0.2, 0.25) is 0 Å². The number of ether oxygens (including phenoxy) is 2. The summed E-state index contributed by atoms with van der Waals surface area (Å²) in [4.78, 5) is 19.2. The first-order chi connectivity index (χ1) is 16.4. The molecule has 0 radical (unpaired) electrons. The molecule has 1 fully saturated rings. The number of carbonyl (C=O) groups is 1. The van der Waals surface area contributed by atoms with Crippen molar-refractivity contribution < 1.29 is 22.7 Å². The van der Waals surface area contributed by atoms with Gasteiger partial charge in [0, 0.05) is 38.1 Å². The number of nitrogens with one attached hydrogen (secondary N) is 1. The molecule has 11 heteroatoms. The molecule has 1 saturated heterocycles. The topological polar surface area (TPSA) is 101 Å². The Labute approximate surface area is 203 Å². The Balaban J connectivity index is 1.33. The zero-order valence-electron chi connectivity index (χ0n) is 18.9. The first kappa shape index (κ1) is 24.0. The largest absolute Gasteiger partial charge is 0.497 e. The third-order valence-electron chi connectivity index (χ3n) is 5.52. The Morgan fingerprint density at radius 2 is 1.74 bits per heavy atom. The molecule has 1 aliphatic rings. The maximum Gasteiger partial charge on any atom is 0.273 e. The Morgan fingerprint density at radius 1 is 1.03 bits per heavy atom. The van der Waals surface area contributed by atoms with Gasteiger partial charge >= 0.3 is 0 Å². The van der Waals surface area contributed by atoms with Crippen LogP contribution in [0.25, 0.3) is 0 Å². The molecule has 1 aliphatic heterocycles. The second-order valence-corrected chi connectivity index (χ2v) is 10.4. The minimum atomic E-state index is -3.63. The number of sulfonamides is 1. The Morgan fingerprint density at radius 3 is 2.41 bits per heavy atom. The first-order valence-corrected chi connectivity index (χ1v) is 13.0. The van der Waals surface area contributed by atoms with Gasteiger partial charge in [-0.05, 0) is 42.0 Å². The fourth-order valence-corrected chi connectivity index (χ4v) is 5.71. The summed E-state index contributed by atoms with van der Waals surface area (Å²) in [5.74, 6) is 1.17. The minimum Gasteiger partial charge on any atom is -0.497 e. The summed E-state index contributed by atoms with van der Waals surface area (Å²) in [6, 6.07) is 14.0. The van der Waals surface area contributed by atoms with E-state index in [9.17, 15) is 13.2 Å². The van der Waals surface area contributed by atoms with Crippen LogP contribution in [0.5, 0.6) is 11.5 Å². The van der Waals surface area contributed by atoms with Gasteiger partial charge in [0.1, 0.15) is 17.2 Å². The number of thiazole rings is 1. The summed E-state index contributed by atoms with van der Waals surface area (Å²) in [5.41, 5.74) is 1.39. The van der Waals surface area contributed by atoms with Gasteiger partial charge in [0.25, 0.3) is 5.91 Å². The molecular weight excluding hydrogens is 476 g/mol. The van der Waals surface area contributed by atoms with E-state index in [2.05, 4.69) is 10.3 Å². The van der Waals surface area contributed by atoms with Crippen LogP contribution in [0, 0.1) is 0 Å². The van der Waals surface area contributed by atoms with Gasteiger partial charge in [-0.1, -0.05) is 12.1 Å². The van der Waals surface area contributed by atoms with Crippen molar-refractivity contribution in [3.8, 4) is 11.5 Å². The third-order valence-corrected chi connectivity index (χ3v) is 8.24. The Kier molecular flexibility index (Phi) is 7.35. The summed E-state index contributed by atoms with van der Waals surface area (Å²) in [7, 11) is -0.474. The number of aromatic nitrogens is 1. The molecule has 34 heavy (non-hydrogen) atoms. The number of rotatable bonds is 8. The highest BCUT2D eigenvalue weighted by Gasteiger charge is 2.31. The van der Waals surface area contributed by atoms with Gasteiger partial charge in [0.2, 0.25) is 10.0 Å². The predicted molar refractivity (Wildman–Crippen MR) is 130 cm³/mol. The van der Waals surface area contributed by atoms with Crippen molar-refractivity contribution in [3.05, 3.63) is 65.2 Å². The predicted octanol–water partition coefficient (Wildman–Crippen LogP) is 2.92. The number of hydrogen-bond acceptors (Lipinski definition) is 8. The number of carbonyl (C=O) groups excluding carboxylic acids is 1. The van der Waals surface area contributed by atoms with Gasteiger partial charge in [-0.3, -0.25) is 4.79 Å². The van der Waals surface area contributed by atoms with Crippen molar-refractivity contribution in [2.45, 2.75) is 11.4 Å². The average Bonchev–Trinajstić information content (AvgIpc) is 3.36. The molecule has 0 unspecified atom stereocenters. The van der Waals surface area contributed by atoms with E-state index in [0.717, 1.165) is 11.3 Å². The van der Waals surface area contributed by atoms with Crippen molar-refractivity contribution in [1.82, 2.24) is 14.2 Å². The van der Waals surface area contributed by atoms with Crippen molar-refractivity contribution in [2.24, 2.45) is 0 Å². The van der Waals surface area contributed by atoms with Gasteiger partial charge in [-0.25, -0.2) is 13.4 Å². The molecule has 3 aromatic rings. The molecule has 4 rings (SSSR count). The van der Waals surface area contributed by atoms with Crippen LogP contribution in [0.3, 0.4) is 0 Å². The summed E-state index contributed by atoms with van der Waals surface area (Å²) in [6.45, 7) is 1.62. The van der Waals surface area contributed by atoms with Crippen LogP contribution >= 0.6 is 11.3 Å². The fraction of sp³-hybridized carbons (Fsp3) is 0.304. The number of amides is 1. The fourth-order valence-electron chi connectivity index (χ4n) is 3.60. The van der Waals surface area contributed by atoms with Gasteiger partial charge in [0.05, 0.1) is 19.1 Å². The number of methoxy groups -OCH3 is 2. The van der Waals surface area contributed by atoms with E-state index in [1.807, 2.05) is 24.3 Å². The van der Waals surface area contributed by atoms with Gasteiger partial charge in [0.15, 0.2) is 5.13 Å². The monoisotopic (exact) mass is 502 g/mol. The lowest BCUT2D eigenvalue weighted by atomic mass is 10.2. The highest BCUT2D eigenvalue weighted by molar-refractivity contribution is 7.89. The molecule has 1 N–H and O–H groups in total. The van der Waals surface area contributed by atoms with Crippen LogP contribution in [-0.4, -0.2) is 68.9 Å². The summed E-state index contributed by atoms with van der Waals surface area (Å²) in [5, 5.41) is 5.59. The third kappa shape index (κ3) is 5.32. The minimum absolute atomic E-state index is 0.202. The van der Waals surface area contributed by atoms with E-state index in [1.165, 1.54) is 34.9 Å². The number of piperazine rings is 1. The SMILES string of the molecule is COc1ccc(S(=O)(=O)N2CCN(C(=O)c3csc(NCc4cccc(OC)c4)n3)CC2)cc1. The van der Waals surface area contributed by atoms with E-state index in [-0.39, 0.29) is 23.9 Å². The normalized spacial score (nSPS) is 14.6. The molecule has 1 amide bonds. The quantitative estimate of drug-likeness (QED) is 0.505. The van der Waals surface area contributed by atoms with Gasteiger partial charge in [-0.15, -0.1) is 11.3 Å². The zero-order valence-corrected chi connectivity index (χ0v) is 20.6. The summed E-state index contributed by atoms with van der Waals surface area (Å²) < 4.78 is 37.6. The highest BCUT2D eigenvalue weighted by atomic mass is 32.2. The first-order valence-electron chi connectivity index (χ1n) is 10.7. The molecule has 180 valence electrons. The summed E-state index contributed by atoms with van der Waals surface area (Å²) >= 11 is 1.36. The van der Waals surface area contributed by atoms with E-state index in [0.29, 0.717) is 36.2 Å². The lowest BCUT2D eigenvalue weighted by Crippen LogP contribution is -2.50. The summed E-state index contributed by atoms with van der Waals surface area (Å²) in [6.07, 6.45) is 0. The molecule has 0 atom stereocenters. The van der Waals surface area contributed by atoms with Crippen molar-refractivity contribution in [1.29, 1.82) is 0 Å². The number of anilines is 1. The zero-order chi connectivity index (χ0) is 24.1. The Hall–Kier alpha value is -3.15. The second-order valence-electron chi connectivity index (χ2n) is 7.61. The van der Waals surface area contributed by atoms with Crippen molar-refractivity contribution >= 4 is 32.4 Å². The number of hydrogen-bond donors (Lipinski definition) is 1. The average molecular weight is 503 g/mol. The molecular formula is C23H26N4O5S2. The van der Waals surface area contributed by atoms with E-state index < -0.39 is 10.0 Å². The lowest BCUT2D eigenvalue weighted by molar-refractivity contribution is 0.0693. The molecule has 2 aromatic carbocycles. The van der Waals surface area contributed by atoms with Crippen molar-refractivity contribution in [2.75, 3.05) is 45.7 Å². The van der Waals surface area contributed by atoms with Crippen LogP contribution in [-0.2, 0) is 16.6 Å². The van der Waals surface area contributed by atoms with Gasteiger partial charge in [-0.2, -0.15) is 4.31 Å². The maximum atomic E-state index is 12.9. The van der Waals surface area contributed by atoms with Gasteiger partial charge < -0.3 is 19.7 Å².